The van der Waals surface area contributed by atoms with E-state index in [2.05, 4.69) is 16.7 Å². The second-order valence-corrected chi connectivity index (χ2v) is 7.69. The van der Waals surface area contributed by atoms with E-state index in [9.17, 15) is 9.59 Å². The van der Waals surface area contributed by atoms with Crippen LogP contribution in [0.5, 0.6) is 0 Å². The highest BCUT2D eigenvalue weighted by Crippen LogP contribution is 2.27. The van der Waals surface area contributed by atoms with E-state index in [0.29, 0.717) is 25.8 Å². The molecule has 2 amide bonds. The van der Waals surface area contributed by atoms with Crippen LogP contribution >= 0.6 is 0 Å². The first-order chi connectivity index (χ1) is 14.5. The molecule has 30 heavy (non-hydrogen) atoms. The van der Waals surface area contributed by atoms with Crippen LogP contribution in [0.15, 0.2) is 54.6 Å². The summed E-state index contributed by atoms with van der Waals surface area (Å²) in [5, 5.41) is 5.73. The smallest absolute Gasteiger partial charge is 0.224 e. The molecule has 0 aromatic heterocycles. The van der Waals surface area contributed by atoms with Crippen LogP contribution in [0.3, 0.4) is 0 Å². The fourth-order valence-corrected chi connectivity index (χ4v) is 3.46. The number of anilines is 2. The van der Waals surface area contributed by atoms with Crippen LogP contribution in [0.4, 0.5) is 11.4 Å². The van der Waals surface area contributed by atoms with Crippen molar-refractivity contribution in [3.05, 3.63) is 65.7 Å². The molecule has 0 fully saturated rings. The first kappa shape index (κ1) is 21.7. The lowest BCUT2D eigenvalue weighted by molar-refractivity contribution is -0.117. The predicted octanol–water partition coefficient (Wildman–Crippen LogP) is 3.79. The fourth-order valence-electron chi connectivity index (χ4n) is 3.46. The van der Waals surface area contributed by atoms with Gasteiger partial charge in [-0.2, -0.15) is 0 Å². The number of benzene rings is 2. The molecule has 0 saturated carbocycles. The Labute approximate surface area is 177 Å². The minimum atomic E-state index is -0.104. The third kappa shape index (κ3) is 6.54. The van der Waals surface area contributed by atoms with E-state index in [1.807, 2.05) is 48.5 Å². The molecule has 1 atom stereocenters. The molecule has 0 saturated heterocycles. The Kier molecular flexibility index (Phi) is 7.76. The Hall–Kier alpha value is -2.96. The summed E-state index contributed by atoms with van der Waals surface area (Å²) in [6.07, 6.45) is 6.21. The third-order valence-corrected chi connectivity index (χ3v) is 5.27. The summed E-state index contributed by atoms with van der Waals surface area (Å²) in [6, 6.07) is 15.6. The molecule has 2 aromatic carbocycles. The van der Waals surface area contributed by atoms with Crippen LogP contribution in [-0.2, 0) is 16.1 Å². The molecule has 6 N–H and O–H groups in total. The van der Waals surface area contributed by atoms with Crippen molar-refractivity contribution < 1.29 is 9.59 Å². The Morgan fingerprint density at radius 1 is 0.900 bits per heavy atom. The molecule has 0 aliphatic heterocycles. The van der Waals surface area contributed by atoms with E-state index in [4.69, 9.17) is 11.5 Å². The second-order valence-electron chi connectivity index (χ2n) is 7.69. The van der Waals surface area contributed by atoms with E-state index >= 15 is 0 Å². The second kappa shape index (κ2) is 10.7. The molecule has 1 unspecified atom stereocenters. The summed E-state index contributed by atoms with van der Waals surface area (Å²) in [4.78, 5) is 24.2. The van der Waals surface area contributed by atoms with Gasteiger partial charge in [-0.1, -0.05) is 30.3 Å². The number of hydrogen-bond acceptors (Lipinski definition) is 4. The largest absolute Gasteiger partial charge is 0.327 e. The Bertz CT molecular complexity index is 888. The maximum Gasteiger partial charge on any atom is 0.224 e. The average molecular weight is 407 g/mol. The number of nitrogens with one attached hydrogen (secondary N) is 2. The van der Waals surface area contributed by atoms with E-state index in [-0.39, 0.29) is 17.9 Å². The zero-order chi connectivity index (χ0) is 21.3. The normalized spacial score (nSPS) is 15.9. The molecule has 6 heteroatoms. The predicted molar refractivity (Wildman–Crippen MR) is 122 cm³/mol. The summed E-state index contributed by atoms with van der Waals surface area (Å²) in [7, 11) is 0. The van der Waals surface area contributed by atoms with Gasteiger partial charge in [0.2, 0.25) is 11.8 Å². The highest BCUT2D eigenvalue weighted by Gasteiger charge is 2.12. The SMILES string of the molecule is NCc1ccc(NC(=O)CCCC(=O)Nc2ccc(C3=CCC(N)CC3)cc2)cc1. The van der Waals surface area contributed by atoms with Crippen molar-refractivity contribution in [1.29, 1.82) is 0 Å². The van der Waals surface area contributed by atoms with Crippen LogP contribution < -0.4 is 22.1 Å². The van der Waals surface area contributed by atoms with Gasteiger partial charge < -0.3 is 22.1 Å². The van der Waals surface area contributed by atoms with Gasteiger partial charge in [0.05, 0.1) is 0 Å². The number of allylic oxidation sites excluding steroid dienone is 1. The molecular weight excluding hydrogens is 376 g/mol. The fraction of sp³-hybridized carbons (Fsp3) is 0.333. The van der Waals surface area contributed by atoms with E-state index in [1.54, 1.807) is 0 Å². The zero-order valence-corrected chi connectivity index (χ0v) is 17.2. The van der Waals surface area contributed by atoms with Crippen LogP contribution in [0, 0.1) is 0 Å². The van der Waals surface area contributed by atoms with Gasteiger partial charge in [-0.3, -0.25) is 9.59 Å². The molecule has 0 radical (unpaired) electrons. The van der Waals surface area contributed by atoms with Gasteiger partial charge in [0.15, 0.2) is 0 Å². The number of nitrogens with two attached hydrogens (primary N) is 2. The van der Waals surface area contributed by atoms with Crippen LogP contribution in [0.25, 0.3) is 5.57 Å². The van der Waals surface area contributed by atoms with Crippen LogP contribution in [-0.4, -0.2) is 17.9 Å². The molecule has 1 aliphatic rings. The zero-order valence-electron chi connectivity index (χ0n) is 17.2. The summed E-state index contributed by atoms with van der Waals surface area (Å²) < 4.78 is 0. The highest BCUT2D eigenvalue weighted by molar-refractivity contribution is 5.93. The lowest BCUT2D eigenvalue weighted by Crippen LogP contribution is -2.21. The molecule has 2 aromatic rings. The number of rotatable bonds is 8. The number of amides is 2. The van der Waals surface area contributed by atoms with Gasteiger partial charge in [-0.05, 0) is 66.6 Å². The first-order valence-electron chi connectivity index (χ1n) is 10.5. The van der Waals surface area contributed by atoms with Gasteiger partial charge in [-0.15, -0.1) is 0 Å². The molecule has 158 valence electrons. The molecule has 0 heterocycles. The van der Waals surface area contributed by atoms with Crippen LogP contribution in [0.1, 0.15) is 49.7 Å². The topological polar surface area (TPSA) is 110 Å². The number of hydrogen-bond donors (Lipinski definition) is 4. The van der Waals surface area contributed by atoms with Crippen molar-refractivity contribution in [1.82, 2.24) is 0 Å². The van der Waals surface area contributed by atoms with E-state index < -0.39 is 0 Å². The summed E-state index contributed by atoms with van der Waals surface area (Å²) in [6.45, 7) is 0.471. The van der Waals surface area contributed by atoms with E-state index in [1.165, 1.54) is 11.1 Å². The minimum Gasteiger partial charge on any atom is -0.327 e. The van der Waals surface area contributed by atoms with Crippen molar-refractivity contribution in [2.45, 2.75) is 51.1 Å². The van der Waals surface area contributed by atoms with Crippen molar-refractivity contribution >= 4 is 28.8 Å². The maximum atomic E-state index is 12.2. The van der Waals surface area contributed by atoms with Gasteiger partial charge >= 0.3 is 0 Å². The summed E-state index contributed by atoms with van der Waals surface area (Å²) in [5.74, 6) is -0.196. The number of carbonyl (C=O) groups excluding carboxylic acids is 2. The van der Waals surface area contributed by atoms with E-state index in [0.717, 1.165) is 36.2 Å². The number of carbonyl (C=O) groups is 2. The Morgan fingerprint density at radius 3 is 1.97 bits per heavy atom. The Morgan fingerprint density at radius 2 is 1.47 bits per heavy atom. The van der Waals surface area contributed by atoms with Crippen molar-refractivity contribution in [2.24, 2.45) is 11.5 Å². The monoisotopic (exact) mass is 406 g/mol. The quantitative estimate of drug-likeness (QED) is 0.534. The first-order valence-corrected chi connectivity index (χ1v) is 10.5. The van der Waals surface area contributed by atoms with Crippen LogP contribution in [0.2, 0.25) is 0 Å². The van der Waals surface area contributed by atoms with Gasteiger partial charge in [0.1, 0.15) is 0 Å². The molecule has 6 nitrogen and oxygen atoms in total. The molecule has 0 bridgehead atoms. The molecule has 3 rings (SSSR count). The molecule has 1 aliphatic carbocycles. The van der Waals surface area contributed by atoms with Crippen molar-refractivity contribution in [3.63, 3.8) is 0 Å². The highest BCUT2D eigenvalue weighted by atomic mass is 16.2. The van der Waals surface area contributed by atoms with Gasteiger partial charge in [-0.25, -0.2) is 0 Å². The molecule has 0 spiro atoms. The lowest BCUT2D eigenvalue weighted by Gasteiger charge is -2.18. The third-order valence-electron chi connectivity index (χ3n) is 5.27. The Balaban J connectivity index is 1.39. The molecular formula is C24H30N4O2. The van der Waals surface area contributed by atoms with Gasteiger partial charge in [0, 0.05) is 36.8 Å². The summed E-state index contributed by atoms with van der Waals surface area (Å²) >= 11 is 0. The summed E-state index contributed by atoms with van der Waals surface area (Å²) in [5.41, 5.74) is 16.5. The minimum absolute atomic E-state index is 0.0919. The average Bonchev–Trinajstić information content (AvgIpc) is 2.75. The van der Waals surface area contributed by atoms with Crippen molar-refractivity contribution in [3.8, 4) is 0 Å². The van der Waals surface area contributed by atoms with Crippen molar-refractivity contribution in [2.75, 3.05) is 10.6 Å². The standard InChI is InChI=1S/C24H30N4O2/c25-16-17-4-12-21(13-5-17)27-23(29)2-1-3-24(30)28-22-14-8-19(9-15-22)18-6-10-20(26)11-7-18/h4-6,8-9,12-15,20H,1-3,7,10-11,16,25-26H2,(H,27,29)(H,28,30). The maximum absolute atomic E-state index is 12.2. The van der Waals surface area contributed by atoms with Gasteiger partial charge in [0.25, 0.3) is 0 Å². The lowest BCUT2D eigenvalue weighted by atomic mass is 9.91.